The lowest BCUT2D eigenvalue weighted by Crippen LogP contribution is -2.68. The van der Waals surface area contributed by atoms with E-state index in [0.29, 0.717) is 28.9 Å². The molecule has 0 spiro atoms. The smallest absolute Gasteiger partial charge is 0.405 e. The number of nitrogens with zero attached hydrogens (tertiary/aromatic N) is 1. The van der Waals surface area contributed by atoms with Crippen LogP contribution in [0.15, 0.2) is 51.9 Å². The lowest BCUT2D eigenvalue weighted by molar-refractivity contribution is -0.274. The highest BCUT2D eigenvalue weighted by atomic mass is 79.9. The van der Waals surface area contributed by atoms with Gasteiger partial charge < -0.3 is 20.7 Å². The van der Waals surface area contributed by atoms with Crippen LogP contribution in [0.25, 0.3) is 0 Å². The minimum Gasteiger partial charge on any atom is -0.405 e. The van der Waals surface area contributed by atoms with Crippen LogP contribution < -0.4 is 26.4 Å². The van der Waals surface area contributed by atoms with Gasteiger partial charge in [-0.25, -0.2) is 0 Å². The Morgan fingerprint density at radius 3 is 2.60 bits per heavy atom. The van der Waals surface area contributed by atoms with Crippen LogP contribution in [0, 0.1) is 11.8 Å². The van der Waals surface area contributed by atoms with Gasteiger partial charge in [0.1, 0.15) is 11.6 Å². The number of anilines is 1. The lowest BCUT2D eigenvalue weighted by atomic mass is 9.77. The zero-order valence-corrected chi connectivity index (χ0v) is 21.2. The fourth-order valence-corrected chi connectivity index (χ4v) is 5.34. The maximum absolute atomic E-state index is 12.7. The molecule has 0 radical (unpaired) electrons. The van der Waals surface area contributed by atoms with Crippen molar-refractivity contribution in [3.63, 3.8) is 0 Å². The van der Waals surface area contributed by atoms with Crippen LogP contribution in [0.3, 0.4) is 0 Å². The van der Waals surface area contributed by atoms with Crippen LogP contribution in [-0.2, 0) is 6.42 Å². The van der Waals surface area contributed by atoms with Gasteiger partial charge >= 0.3 is 6.36 Å². The van der Waals surface area contributed by atoms with E-state index in [4.69, 9.17) is 5.73 Å². The third kappa shape index (κ3) is 6.48. The molecule has 35 heavy (non-hydrogen) atoms. The number of amidine groups is 1. The number of nitrogens with two attached hydrogens (primary N) is 1. The number of nitrogens with one attached hydrogen (secondary N) is 3. The summed E-state index contributed by atoms with van der Waals surface area (Å²) in [6, 6.07) is 12.8. The molecule has 1 fully saturated rings. The Morgan fingerprint density at radius 2 is 1.89 bits per heavy atom. The predicted molar refractivity (Wildman–Crippen MR) is 135 cm³/mol. The lowest BCUT2D eigenvalue weighted by Gasteiger charge is -2.46. The Hall–Kier alpha value is -2.30. The van der Waals surface area contributed by atoms with Crippen LogP contribution in [0.2, 0.25) is 0 Å². The zero-order valence-electron chi connectivity index (χ0n) is 19.6. The molecule has 0 amide bonds. The standard InChI is InChI=1S/C25H31BrF3N5O/c1-31-23-20-4-2-3-5-21(20)33-24(30,34-23)18-9-6-16(7-10-18)15-32-13-12-17-8-11-19(26)14-22(17)35-25(27,28)29/h2-5,8,11,14,16,18,32-33H,6-7,9-10,12-13,15,30H2,1H3,(H,31,34). The summed E-state index contributed by atoms with van der Waals surface area (Å²) in [4.78, 5) is 4.40. The first-order chi connectivity index (χ1) is 16.7. The van der Waals surface area contributed by atoms with Gasteiger partial charge in [-0.1, -0.05) is 34.1 Å². The molecule has 1 aliphatic heterocycles. The topological polar surface area (TPSA) is 83.7 Å². The van der Waals surface area contributed by atoms with Crippen molar-refractivity contribution in [3.8, 4) is 5.75 Å². The summed E-state index contributed by atoms with van der Waals surface area (Å²) in [6.07, 6.45) is -0.263. The number of fused-ring (bicyclic) bond motifs is 1. The van der Waals surface area contributed by atoms with E-state index in [1.54, 1.807) is 19.2 Å². The van der Waals surface area contributed by atoms with Gasteiger partial charge in [-0.05, 0) is 80.9 Å². The molecule has 10 heteroatoms. The quantitative estimate of drug-likeness (QED) is 0.363. The average Bonchev–Trinajstić information content (AvgIpc) is 2.81. The van der Waals surface area contributed by atoms with Crippen molar-refractivity contribution in [2.24, 2.45) is 22.6 Å². The van der Waals surface area contributed by atoms with E-state index in [0.717, 1.165) is 49.3 Å². The molecule has 1 saturated carbocycles. The van der Waals surface area contributed by atoms with Crippen LogP contribution >= 0.6 is 15.9 Å². The van der Waals surface area contributed by atoms with Gasteiger partial charge in [-0.15, -0.1) is 13.2 Å². The number of benzene rings is 2. The number of para-hydroxylation sites is 1. The number of hydrogen-bond donors (Lipinski definition) is 4. The fraction of sp³-hybridized carbons (Fsp3) is 0.480. The van der Waals surface area contributed by atoms with Crippen molar-refractivity contribution in [2.45, 2.75) is 44.3 Å². The monoisotopic (exact) mass is 553 g/mol. The molecule has 2 aromatic rings. The van der Waals surface area contributed by atoms with Crippen molar-refractivity contribution in [1.82, 2.24) is 10.6 Å². The molecule has 1 aliphatic carbocycles. The van der Waals surface area contributed by atoms with Gasteiger partial charge in [0.15, 0.2) is 5.79 Å². The molecule has 2 aliphatic rings. The normalized spacial score (nSPS) is 25.5. The molecule has 1 unspecified atom stereocenters. The molecule has 0 aromatic heterocycles. The first-order valence-electron chi connectivity index (χ1n) is 11.8. The van der Waals surface area contributed by atoms with Gasteiger partial charge in [-0.3, -0.25) is 10.7 Å². The number of ether oxygens (including phenoxy) is 1. The van der Waals surface area contributed by atoms with Crippen molar-refractivity contribution in [3.05, 3.63) is 58.1 Å². The SMILES string of the molecule is CN=C1NC(N)(C2CCC(CNCCc3ccc(Br)cc3OC(F)(F)F)CC2)Nc2ccccc21. The second-order valence-electron chi connectivity index (χ2n) is 9.21. The first-order valence-corrected chi connectivity index (χ1v) is 12.6. The van der Waals surface area contributed by atoms with Crippen LogP contribution in [0.1, 0.15) is 36.8 Å². The van der Waals surface area contributed by atoms with Crippen molar-refractivity contribution in [2.75, 3.05) is 25.5 Å². The number of rotatable bonds is 7. The number of halogens is 4. The summed E-state index contributed by atoms with van der Waals surface area (Å²) in [5.41, 5.74) is 9.33. The highest BCUT2D eigenvalue weighted by Gasteiger charge is 2.41. The summed E-state index contributed by atoms with van der Waals surface area (Å²) in [7, 11) is 1.76. The summed E-state index contributed by atoms with van der Waals surface area (Å²) in [5.74, 6) is 0.631. The Balaban J connectivity index is 1.26. The van der Waals surface area contributed by atoms with Crippen molar-refractivity contribution >= 4 is 27.5 Å². The molecule has 0 saturated heterocycles. The third-order valence-corrected chi connectivity index (χ3v) is 7.32. The van der Waals surface area contributed by atoms with Gasteiger partial charge in [0.2, 0.25) is 0 Å². The summed E-state index contributed by atoms with van der Waals surface area (Å²) in [5, 5.41) is 10.3. The molecule has 5 N–H and O–H groups in total. The molecule has 4 rings (SSSR count). The number of hydrogen-bond acceptors (Lipinski definition) is 5. The predicted octanol–water partition coefficient (Wildman–Crippen LogP) is 4.99. The van der Waals surface area contributed by atoms with E-state index in [-0.39, 0.29) is 11.7 Å². The van der Waals surface area contributed by atoms with Gasteiger partial charge in [0.05, 0.1) is 0 Å². The van der Waals surface area contributed by atoms with Gasteiger partial charge in [0, 0.05) is 28.7 Å². The largest absolute Gasteiger partial charge is 0.573 e. The van der Waals surface area contributed by atoms with Gasteiger partial charge in [-0.2, -0.15) is 0 Å². The van der Waals surface area contributed by atoms with Crippen LogP contribution in [-0.4, -0.2) is 38.1 Å². The van der Waals surface area contributed by atoms with E-state index in [1.807, 2.05) is 24.3 Å². The second-order valence-corrected chi connectivity index (χ2v) is 10.1. The van der Waals surface area contributed by atoms with Gasteiger partial charge in [0.25, 0.3) is 0 Å². The third-order valence-electron chi connectivity index (χ3n) is 6.82. The number of aliphatic imine (C=N–C) groups is 1. The van der Waals surface area contributed by atoms with Crippen molar-refractivity contribution < 1.29 is 17.9 Å². The summed E-state index contributed by atoms with van der Waals surface area (Å²) in [6.45, 7) is 1.40. The first kappa shape index (κ1) is 25.8. The molecular formula is C25H31BrF3N5O. The van der Waals surface area contributed by atoms with E-state index >= 15 is 0 Å². The minimum absolute atomic E-state index is 0.161. The summed E-state index contributed by atoms with van der Waals surface area (Å²) < 4.78 is 42.9. The Kier molecular flexibility index (Phi) is 7.92. The molecule has 190 valence electrons. The Bertz CT molecular complexity index is 1060. The van der Waals surface area contributed by atoms with E-state index in [9.17, 15) is 13.2 Å². The Labute approximate surface area is 212 Å². The molecule has 1 atom stereocenters. The fourth-order valence-electron chi connectivity index (χ4n) is 5.00. The average molecular weight is 554 g/mol. The maximum Gasteiger partial charge on any atom is 0.573 e. The second kappa shape index (κ2) is 10.8. The zero-order chi connectivity index (χ0) is 25.1. The van der Waals surface area contributed by atoms with Crippen LogP contribution in [0.5, 0.6) is 5.75 Å². The molecule has 1 heterocycles. The van der Waals surface area contributed by atoms with E-state index in [2.05, 4.69) is 41.6 Å². The maximum atomic E-state index is 12.7. The highest BCUT2D eigenvalue weighted by Crippen LogP contribution is 2.36. The molecule has 6 nitrogen and oxygen atoms in total. The highest BCUT2D eigenvalue weighted by molar-refractivity contribution is 9.10. The Morgan fingerprint density at radius 1 is 1.14 bits per heavy atom. The minimum atomic E-state index is -4.71. The molecule has 2 aromatic carbocycles. The summed E-state index contributed by atoms with van der Waals surface area (Å²) >= 11 is 3.20. The van der Waals surface area contributed by atoms with Crippen LogP contribution in [0.4, 0.5) is 18.9 Å². The van der Waals surface area contributed by atoms with Crippen molar-refractivity contribution in [1.29, 1.82) is 0 Å². The number of alkyl halides is 3. The molecule has 0 bridgehead atoms. The van der Waals surface area contributed by atoms with E-state index in [1.165, 1.54) is 6.07 Å². The molecular weight excluding hydrogens is 523 g/mol. The van der Waals surface area contributed by atoms with E-state index < -0.39 is 12.1 Å².